The highest BCUT2D eigenvalue weighted by Gasteiger charge is 2.71. The topological polar surface area (TPSA) is 154 Å². The normalized spacial score (nSPS) is 24.4. The van der Waals surface area contributed by atoms with Crippen molar-refractivity contribution in [2.24, 2.45) is 16.4 Å². The number of benzene rings is 2. The van der Waals surface area contributed by atoms with Crippen LogP contribution in [0.3, 0.4) is 0 Å². The number of anilines is 1. The largest absolute Gasteiger partial charge is 0.507 e. The van der Waals surface area contributed by atoms with E-state index in [0.29, 0.717) is 12.0 Å². The molecule has 2 aromatic carbocycles. The highest BCUT2D eigenvalue weighted by Crippen LogP contribution is 2.63. The summed E-state index contributed by atoms with van der Waals surface area (Å²) in [5, 5.41) is 20.3. The van der Waals surface area contributed by atoms with E-state index in [1.54, 1.807) is 0 Å². The van der Waals surface area contributed by atoms with Crippen LogP contribution in [-0.2, 0) is 22.2 Å². The fourth-order valence-corrected chi connectivity index (χ4v) is 9.56. The summed E-state index contributed by atoms with van der Waals surface area (Å²) in [7, 11) is 4.66. The number of aryl methyl sites for hydroxylation is 1. The first-order chi connectivity index (χ1) is 23.9. The third-order valence-corrected chi connectivity index (χ3v) is 16.0. The molecule has 0 saturated heterocycles. The van der Waals surface area contributed by atoms with E-state index in [1.807, 2.05) is 100 Å². The van der Waals surface area contributed by atoms with Gasteiger partial charge in [0.1, 0.15) is 17.9 Å². The molecule has 1 N–H and O–H groups in total. The number of carbonyl (C=O) groups excluding carboxylic acids is 2. The van der Waals surface area contributed by atoms with Crippen molar-refractivity contribution < 1.29 is 28.4 Å². The minimum Gasteiger partial charge on any atom is -0.507 e. The Hall–Kier alpha value is -4.42. The minimum atomic E-state index is -2.93. The second-order valence-electron chi connectivity index (χ2n) is 16.2. The monoisotopic (exact) mass is 712 g/mol. The first-order valence-corrected chi connectivity index (χ1v) is 20.2. The summed E-state index contributed by atoms with van der Waals surface area (Å²) in [5.41, 5.74) is 10.5. The number of ether oxygens (including phenoxy) is 1. The summed E-state index contributed by atoms with van der Waals surface area (Å²) in [4.78, 5) is 38.3. The number of aliphatic hydroxyl groups is 1. The molecule has 13 heteroatoms. The minimum absolute atomic E-state index is 0.0141. The smallest absolute Gasteiger partial charge is 0.265 e. The number of azide groups is 1. The van der Waals surface area contributed by atoms with Crippen LogP contribution in [0.25, 0.3) is 16.2 Å². The highest BCUT2D eigenvalue weighted by atomic mass is 28.4. The van der Waals surface area contributed by atoms with E-state index >= 15 is 9.59 Å². The molecule has 12 nitrogen and oxygen atoms in total. The molecule has 3 aliphatic carbocycles. The van der Waals surface area contributed by atoms with Crippen LogP contribution >= 0.6 is 0 Å². The van der Waals surface area contributed by atoms with Gasteiger partial charge in [0, 0.05) is 53.7 Å². The van der Waals surface area contributed by atoms with Crippen LogP contribution in [-0.4, -0.2) is 75.4 Å². The Morgan fingerprint density at radius 3 is 2.37 bits per heavy atom. The van der Waals surface area contributed by atoms with Crippen molar-refractivity contribution in [1.82, 2.24) is 10.1 Å². The quantitative estimate of drug-likeness (QED) is 0.0777. The lowest BCUT2D eigenvalue weighted by molar-refractivity contribution is -0.143. The predicted molar refractivity (Wildman–Crippen MR) is 197 cm³/mol. The Kier molecular flexibility index (Phi) is 9.03. The Morgan fingerprint density at radius 1 is 1.08 bits per heavy atom. The molecule has 4 atom stereocenters. The number of carbonyl (C=O) groups is 2. The van der Waals surface area contributed by atoms with Gasteiger partial charge in [-0.2, -0.15) is 0 Å². The number of fused-ring (bicyclic) bond motifs is 4. The van der Waals surface area contributed by atoms with E-state index in [2.05, 4.69) is 36.0 Å². The molecule has 3 aliphatic rings. The average molecular weight is 713 g/mol. The van der Waals surface area contributed by atoms with Gasteiger partial charge >= 0.3 is 0 Å². The molecule has 1 aromatic heterocycles. The van der Waals surface area contributed by atoms with E-state index in [4.69, 9.17) is 13.7 Å². The lowest BCUT2D eigenvalue weighted by Crippen LogP contribution is -2.70. The molecule has 51 heavy (non-hydrogen) atoms. The van der Waals surface area contributed by atoms with Gasteiger partial charge in [-0.25, -0.2) is 0 Å². The highest BCUT2D eigenvalue weighted by molar-refractivity contribution is 6.74. The second kappa shape index (κ2) is 12.7. The van der Waals surface area contributed by atoms with Crippen LogP contribution in [0.4, 0.5) is 5.69 Å². The number of hydrogen-bond acceptors (Lipinski definition) is 10. The van der Waals surface area contributed by atoms with Gasteiger partial charge < -0.3 is 23.7 Å². The number of rotatable bonds is 9. The Bertz CT molecular complexity index is 1980. The van der Waals surface area contributed by atoms with Gasteiger partial charge in [-0.3, -0.25) is 14.5 Å². The standard InChI is InChI=1S/C38H48N6O6Si/c1-22-16-17-26(43(5)6)24-18-37(21-40-42-39)19-25-30(44(7)8)32-28(35(41-49-32)48-20-23-14-12-11-13-15-23)33(46)38(25,50-51(9,10)36(2,3)4)34(47)29(37)31(45)27(22)24/h11-17,25,30,45H,18-21H2,1-10H3/t25-,30-,37-,38+/m0/s1. The zero-order chi connectivity index (χ0) is 37.3. The van der Waals surface area contributed by atoms with Crippen LogP contribution < -0.4 is 9.64 Å². The summed E-state index contributed by atoms with van der Waals surface area (Å²) >= 11 is 0. The first-order valence-electron chi connectivity index (χ1n) is 17.3. The number of aromatic nitrogens is 1. The van der Waals surface area contributed by atoms with E-state index in [9.17, 15) is 10.6 Å². The maximum Gasteiger partial charge on any atom is 0.265 e. The molecule has 1 saturated carbocycles. The average Bonchev–Trinajstić information content (AvgIpc) is 3.47. The van der Waals surface area contributed by atoms with Crippen LogP contribution in [0.2, 0.25) is 18.1 Å². The van der Waals surface area contributed by atoms with Gasteiger partial charge in [0.25, 0.3) is 5.88 Å². The fourth-order valence-electron chi connectivity index (χ4n) is 8.11. The summed E-state index contributed by atoms with van der Waals surface area (Å²) in [5.74, 6) is -1.95. The van der Waals surface area contributed by atoms with E-state index in [1.165, 1.54) is 0 Å². The lowest BCUT2D eigenvalue weighted by atomic mass is 9.51. The number of aliphatic hydroxyl groups excluding tert-OH is 1. The van der Waals surface area contributed by atoms with Crippen LogP contribution in [0.15, 0.2) is 57.7 Å². The van der Waals surface area contributed by atoms with Crippen molar-refractivity contribution in [3.63, 3.8) is 0 Å². The maximum atomic E-state index is 15.8. The number of ketones is 2. The number of nitrogens with zero attached hydrogens (tertiary/aromatic N) is 6. The summed E-state index contributed by atoms with van der Waals surface area (Å²) in [6.07, 6.45) is 0.484. The second-order valence-corrected chi connectivity index (χ2v) is 20.9. The molecular weight excluding hydrogens is 665 g/mol. The first kappa shape index (κ1) is 36.4. The van der Waals surface area contributed by atoms with Crippen molar-refractivity contribution >= 4 is 31.3 Å². The molecule has 0 amide bonds. The van der Waals surface area contributed by atoms with Crippen molar-refractivity contribution in [1.29, 1.82) is 0 Å². The van der Waals surface area contributed by atoms with Crippen LogP contribution in [0.1, 0.15) is 71.6 Å². The third-order valence-electron chi connectivity index (χ3n) is 11.5. The number of Topliss-reactive ketones (excluding diaryl/α,β-unsaturated/α-hetero) is 2. The van der Waals surface area contributed by atoms with Gasteiger partial charge in [0.05, 0.1) is 6.04 Å². The Balaban J connectivity index is 1.66. The molecule has 0 unspecified atom stereocenters. The molecular formula is C38H48N6O6Si. The molecule has 0 spiro atoms. The van der Waals surface area contributed by atoms with E-state index < -0.39 is 47.9 Å². The fraction of sp³-hybridized carbons (Fsp3) is 0.500. The molecule has 6 rings (SSSR count). The van der Waals surface area contributed by atoms with Crippen molar-refractivity contribution in [2.45, 2.75) is 76.9 Å². The molecule has 0 bridgehead atoms. The molecule has 0 aliphatic heterocycles. The molecule has 1 heterocycles. The zero-order valence-electron chi connectivity index (χ0n) is 31.2. The van der Waals surface area contributed by atoms with Crippen LogP contribution in [0, 0.1) is 18.3 Å². The van der Waals surface area contributed by atoms with Crippen molar-refractivity contribution in [3.8, 4) is 5.88 Å². The van der Waals surface area contributed by atoms with Crippen molar-refractivity contribution in [3.05, 3.63) is 92.1 Å². The van der Waals surface area contributed by atoms with Crippen LogP contribution in [0.5, 0.6) is 5.88 Å². The van der Waals surface area contributed by atoms with Gasteiger partial charge in [0.2, 0.25) is 11.6 Å². The van der Waals surface area contributed by atoms with E-state index in [-0.39, 0.29) is 48.1 Å². The van der Waals surface area contributed by atoms with Crippen molar-refractivity contribution in [2.75, 3.05) is 39.6 Å². The summed E-state index contributed by atoms with van der Waals surface area (Å²) in [6.45, 7) is 12.1. The molecule has 270 valence electrons. The van der Waals surface area contributed by atoms with Gasteiger partial charge in [-0.05, 0) is 85.4 Å². The molecule has 3 aromatic rings. The zero-order valence-corrected chi connectivity index (χ0v) is 32.2. The SMILES string of the molecule is Cc1ccc(N(C)C)c2c1C(O)=C1C(=O)[C@]3(O[Si](C)(C)C(C)(C)C)C(=O)c4c(OCc5ccccc5)noc4[C@@H](N(C)C)[C@@H]3C[C@]1(CN=[N+]=[N-])C2. The van der Waals surface area contributed by atoms with E-state index in [0.717, 1.165) is 22.4 Å². The van der Waals surface area contributed by atoms with Gasteiger partial charge in [-0.15, -0.1) is 0 Å². The summed E-state index contributed by atoms with van der Waals surface area (Å²) < 4.78 is 19.4. The van der Waals surface area contributed by atoms with Gasteiger partial charge in [-0.1, -0.05) is 62.3 Å². The lowest BCUT2D eigenvalue weighted by Gasteiger charge is -2.58. The number of hydrogen-bond donors (Lipinski definition) is 1. The Morgan fingerprint density at radius 2 is 1.76 bits per heavy atom. The summed E-state index contributed by atoms with van der Waals surface area (Å²) in [6, 6.07) is 12.8. The Labute approximate surface area is 300 Å². The predicted octanol–water partition coefficient (Wildman–Crippen LogP) is 7.60. The molecule has 0 radical (unpaired) electrons. The van der Waals surface area contributed by atoms with Gasteiger partial charge in [0.15, 0.2) is 19.7 Å². The maximum absolute atomic E-state index is 15.8. The molecule has 1 fully saturated rings. The third kappa shape index (κ3) is 5.58.